The van der Waals surface area contributed by atoms with E-state index >= 15 is 0 Å². The van der Waals surface area contributed by atoms with Gasteiger partial charge in [0.15, 0.2) is 3.92 Å². The molecule has 0 radical (unpaired) electrons. The number of aromatic nitrogens is 1. The molecule has 1 aliphatic rings. The van der Waals surface area contributed by atoms with Crippen molar-refractivity contribution < 1.29 is 18.8 Å². The summed E-state index contributed by atoms with van der Waals surface area (Å²) in [5, 5.41) is 1.91. The van der Waals surface area contributed by atoms with Gasteiger partial charge in [-0.15, -0.1) is 11.3 Å². The summed E-state index contributed by atoms with van der Waals surface area (Å²) in [5.41, 5.74) is -0.116. The van der Waals surface area contributed by atoms with Crippen LogP contribution in [0.2, 0.25) is 0 Å². The first-order valence-electron chi connectivity index (χ1n) is 6.69. The number of thiazole rings is 1. The maximum atomic E-state index is 11.7. The molecule has 1 saturated heterocycles. The summed E-state index contributed by atoms with van der Waals surface area (Å²) in [6.45, 7) is 7.94. The lowest BCUT2D eigenvalue weighted by Gasteiger charge is -2.32. The van der Waals surface area contributed by atoms with E-state index in [4.69, 9.17) is 14.0 Å². The number of nitrogens with zero attached hydrogens (tertiary/aromatic N) is 1. The zero-order valence-electron chi connectivity index (χ0n) is 12.8. The topological polar surface area (TPSA) is 57.7 Å². The van der Waals surface area contributed by atoms with E-state index in [1.807, 2.05) is 33.1 Å². The Bertz CT molecular complexity index is 518. The van der Waals surface area contributed by atoms with Gasteiger partial charge in [0.1, 0.15) is 0 Å². The second kappa shape index (κ2) is 5.99. The summed E-state index contributed by atoms with van der Waals surface area (Å²) in [6.07, 6.45) is 0.170. The summed E-state index contributed by atoms with van der Waals surface area (Å²) in [5.74, 6) is -0.597. The van der Waals surface area contributed by atoms with Crippen LogP contribution in [0, 0.1) is 0 Å². The highest BCUT2D eigenvalue weighted by Crippen LogP contribution is 2.42. The molecule has 1 aliphatic heterocycles. The maximum absolute atomic E-state index is 11.7. The van der Waals surface area contributed by atoms with Gasteiger partial charge in [-0.1, -0.05) is 0 Å². The number of halogens is 1. The lowest BCUT2D eigenvalue weighted by Crippen LogP contribution is -2.41. The molecule has 1 atom stereocenters. The van der Waals surface area contributed by atoms with Gasteiger partial charge in [-0.3, -0.25) is 4.79 Å². The molecule has 2 rings (SSSR count). The predicted octanol–water partition coefficient (Wildman–Crippen LogP) is 3.18. The molecule has 8 heteroatoms. The Morgan fingerprint density at radius 2 is 2.00 bits per heavy atom. The summed E-state index contributed by atoms with van der Waals surface area (Å²) in [4.78, 5) is 16.1. The number of rotatable bonds is 4. The van der Waals surface area contributed by atoms with Gasteiger partial charge >= 0.3 is 13.1 Å². The standard InChI is InChI=1S/C13H19BBrNO4S/c1-12(2)13(3,4)20-14(19-12)8(6-10(17)18-5)9-7-21-11(15)16-9/h7-8H,6H2,1-5H3. The van der Waals surface area contributed by atoms with Crippen LogP contribution >= 0.6 is 27.3 Å². The number of esters is 1. The van der Waals surface area contributed by atoms with Crippen molar-refractivity contribution in [3.05, 3.63) is 15.0 Å². The van der Waals surface area contributed by atoms with Crippen LogP contribution in [0.15, 0.2) is 9.30 Å². The lowest BCUT2D eigenvalue weighted by atomic mass is 9.68. The number of hydrogen-bond acceptors (Lipinski definition) is 6. The molecule has 1 fully saturated rings. The Balaban J connectivity index is 2.27. The Hall–Kier alpha value is -0.435. The van der Waals surface area contributed by atoms with Crippen LogP contribution < -0.4 is 0 Å². The highest BCUT2D eigenvalue weighted by atomic mass is 79.9. The van der Waals surface area contributed by atoms with Crippen molar-refractivity contribution in [1.82, 2.24) is 4.98 Å². The van der Waals surface area contributed by atoms with Crippen LogP contribution in [-0.4, -0.2) is 36.4 Å². The fourth-order valence-electron chi connectivity index (χ4n) is 2.09. The summed E-state index contributed by atoms with van der Waals surface area (Å²) < 4.78 is 17.7. The summed E-state index contributed by atoms with van der Waals surface area (Å²) >= 11 is 4.82. The van der Waals surface area contributed by atoms with Gasteiger partial charge in [-0.2, -0.15) is 0 Å². The molecule has 0 aromatic carbocycles. The van der Waals surface area contributed by atoms with Crippen LogP contribution in [0.1, 0.15) is 45.6 Å². The molecule has 2 heterocycles. The van der Waals surface area contributed by atoms with Crippen LogP contribution in [0.5, 0.6) is 0 Å². The van der Waals surface area contributed by atoms with Gasteiger partial charge in [-0.05, 0) is 43.6 Å². The smallest absolute Gasteiger partial charge is 0.468 e. The van der Waals surface area contributed by atoms with E-state index in [-0.39, 0.29) is 18.2 Å². The Labute approximate surface area is 137 Å². The zero-order chi connectivity index (χ0) is 15.8. The van der Waals surface area contributed by atoms with Crippen molar-refractivity contribution in [2.24, 2.45) is 0 Å². The minimum absolute atomic E-state index is 0.170. The van der Waals surface area contributed by atoms with Crippen LogP contribution in [0.25, 0.3) is 0 Å². The second-order valence-corrected chi connectivity index (χ2v) is 8.17. The van der Waals surface area contributed by atoms with Crippen molar-refractivity contribution >= 4 is 40.4 Å². The van der Waals surface area contributed by atoms with Crippen molar-refractivity contribution in [3.8, 4) is 0 Å². The van der Waals surface area contributed by atoms with Crippen molar-refractivity contribution in [2.75, 3.05) is 7.11 Å². The lowest BCUT2D eigenvalue weighted by molar-refractivity contribution is -0.140. The van der Waals surface area contributed by atoms with E-state index in [1.165, 1.54) is 18.4 Å². The molecular weight excluding hydrogens is 357 g/mol. The fraction of sp³-hybridized carbons (Fsp3) is 0.692. The number of methoxy groups -OCH3 is 1. The molecule has 116 valence electrons. The second-order valence-electron chi connectivity index (χ2n) is 6.04. The van der Waals surface area contributed by atoms with Gasteiger partial charge in [-0.25, -0.2) is 4.98 Å². The van der Waals surface area contributed by atoms with Gasteiger partial charge < -0.3 is 14.0 Å². The van der Waals surface area contributed by atoms with Crippen LogP contribution in [0.3, 0.4) is 0 Å². The molecule has 0 spiro atoms. The molecule has 1 aromatic heterocycles. The van der Waals surface area contributed by atoms with E-state index in [0.29, 0.717) is 0 Å². The van der Waals surface area contributed by atoms with Crippen LogP contribution in [-0.2, 0) is 18.8 Å². The van der Waals surface area contributed by atoms with Crippen molar-refractivity contribution in [1.29, 1.82) is 0 Å². The molecule has 0 aliphatic carbocycles. The normalized spacial score (nSPS) is 21.3. The highest BCUT2D eigenvalue weighted by Gasteiger charge is 2.54. The van der Waals surface area contributed by atoms with E-state index < -0.39 is 18.3 Å². The minimum Gasteiger partial charge on any atom is -0.469 e. The average molecular weight is 376 g/mol. The van der Waals surface area contributed by atoms with Gasteiger partial charge in [0, 0.05) is 11.2 Å². The number of carbonyl (C=O) groups is 1. The number of hydrogen-bond donors (Lipinski definition) is 0. The Morgan fingerprint density at radius 3 is 2.43 bits per heavy atom. The third-order valence-electron chi connectivity index (χ3n) is 4.09. The molecule has 0 amide bonds. The maximum Gasteiger partial charge on any atom is 0.468 e. The fourth-order valence-corrected chi connectivity index (χ4v) is 3.18. The monoisotopic (exact) mass is 375 g/mol. The summed E-state index contributed by atoms with van der Waals surface area (Å²) in [7, 11) is 0.851. The predicted molar refractivity (Wildman–Crippen MR) is 85.3 cm³/mol. The largest absolute Gasteiger partial charge is 0.469 e. The third-order valence-corrected chi connectivity index (χ3v) is 5.47. The molecule has 0 N–H and O–H groups in total. The molecule has 0 bridgehead atoms. The zero-order valence-corrected chi connectivity index (χ0v) is 15.2. The quantitative estimate of drug-likeness (QED) is 0.597. The van der Waals surface area contributed by atoms with Gasteiger partial charge in [0.05, 0.1) is 30.4 Å². The van der Waals surface area contributed by atoms with E-state index in [0.717, 1.165) is 9.61 Å². The molecule has 1 unspecified atom stereocenters. The molecule has 5 nitrogen and oxygen atoms in total. The van der Waals surface area contributed by atoms with Crippen molar-refractivity contribution in [3.63, 3.8) is 0 Å². The van der Waals surface area contributed by atoms with Crippen LogP contribution in [0.4, 0.5) is 0 Å². The average Bonchev–Trinajstić information content (AvgIpc) is 2.88. The highest BCUT2D eigenvalue weighted by molar-refractivity contribution is 9.11. The third kappa shape index (κ3) is 3.49. The number of ether oxygens (including phenoxy) is 1. The van der Waals surface area contributed by atoms with E-state index in [1.54, 1.807) is 0 Å². The molecule has 0 saturated carbocycles. The molecule has 1 aromatic rings. The molecule has 21 heavy (non-hydrogen) atoms. The number of carbonyl (C=O) groups excluding carboxylic acids is 1. The Kier molecular flexibility index (Phi) is 4.82. The minimum atomic E-state index is -0.525. The van der Waals surface area contributed by atoms with E-state index in [2.05, 4.69) is 20.9 Å². The van der Waals surface area contributed by atoms with E-state index in [9.17, 15) is 4.79 Å². The van der Waals surface area contributed by atoms with Gasteiger partial charge in [0.25, 0.3) is 0 Å². The SMILES string of the molecule is COC(=O)CC(B1OC(C)(C)C(C)(C)O1)c1csc(Br)n1. The first kappa shape index (κ1) is 16.9. The Morgan fingerprint density at radius 1 is 1.43 bits per heavy atom. The summed E-state index contributed by atoms with van der Waals surface area (Å²) in [6, 6.07) is 0. The van der Waals surface area contributed by atoms with Gasteiger partial charge in [0.2, 0.25) is 0 Å². The van der Waals surface area contributed by atoms with Crippen molar-refractivity contribution in [2.45, 2.75) is 51.1 Å². The molecular formula is C13H19BBrNO4S. The first-order valence-corrected chi connectivity index (χ1v) is 8.37. The first-order chi connectivity index (χ1) is 9.66.